The van der Waals surface area contributed by atoms with Gasteiger partial charge in [-0.15, -0.1) is 0 Å². The van der Waals surface area contributed by atoms with E-state index in [9.17, 15) is 9.59 Å². The summed E-state index contributed by atoms with van der Waals surface area (Å²) in [5.41, 5.74) is 3.25. The predicted molar refractivity (Wildman–Crippen MR) is 117 cm³/mol. The predicted octanol–water partition coefficient (Wildman–Crippen LogP) is 3.68. The van der Waals surface area contributed by atoms with Gasteiger partial charge in [0.2, 0.25) is 11.8 Å². The van der Waals surface area contributed by atoms with Gasteiger partial charge >= 0.3 is 0 Å². The second-order valence-electron chi connectivity index (χ2n) is 7.55. The maximum Gasteiger partial charge on any atom is 0.230 e. The third-order valence-corrected chi connectivity index (χ3v) is 5.58. The van der Waals surface area contributed by atoms with Gasteiger partial charge < -0.3 is 10.2 Å². The molecule has 1 atom stereocenters. The molecule has 1 N–H and O–H groups in total. The van der Waals surface area contributed by atoms with Crippen LogP contribution in [0.1, 0.15) is 24.5 Å². The Kier molecular flexibility index (Phi) is 5.93. The zero-order valence-electron chi connectivity index (χ0n) is 17.1. The van der Waals surface area contributed by atoms with E-state index < -0.39 is 0 Å². The monoisotopic (exact) mass is 402 g/mol. The van der Waals surface area contributed by atoms with E-state index in [1.807, 2.05) is 42.5 Å². The summed E-state index contributed by atoms with van der Waals surface area (Å²) in [4.78, 5) is 27.2. The molecule has 1 aliphatic rings. The van der Waals surface area contributed by atoms with Gasteiger partial charge in [0.25, 0.3) is 0 Å². The van der Waals surface area contributed by atoms with Crippen LogP contribution in [-0.2, 0) is 29.0 Å². The van der Waals surface area contributed by atoms with Gasteiger partial charge in [-0.2, -0.15) is 5.10 Å². The Morgan fingerprint density at radius 2 is 1.87 bits per heavy atom. The van der Waals surface area contributed by atoms with E-state index in [4.69, 9.17) is 0 Å². The van der Waals surface area contributed by atoms with Gasteiger partial charge in [0.1, 0.15) is 5.82 Å². The number of hydrogen-bond acceptors (Lipinski definition) is 3. The molecular formula is C24H26N4O2. The second-order valence-corrected chi connectivity index (χ2v) is 7.55. The number of aromatic nitrogens is 2. The molecule has 3 aromatic rings. The molecule has 6 heteroatoms. The van der Waals surface area contributed by atoms with Gasteiger partial charge in [-0.25, -0.2) is 4.68 Å². The molecule has 30 heavy (non-hydrogen) atoms. The molecule has 0 radical (unpaired) electrons. The van der Waals surface area contributed by atoms with Crippen LogP contribution in [0.3, 0.4) is 0 Å². The zero-order chi connectivity index (χ0) is 20.9. The third kappa shape index (κ3) is 4.27. The Morgan fingerprint density at radius 3 is 2.67 bits per heavy atom. The number of rotatable bonds is 7. The molecule has 6 nitrogen and oxygen atoms in total. The van der Waals surface area contributed by atoms with Crippen molar-refractivity contribution in [3.05, 3.63) is 78.0 Å². The topological polar surface area (TPSA) is 67.2 Å². The molecular weight excluding hydrogens is 376 g/mol. The quantitative estimate of drug-likeness (QED) is 0.656. The first-order valence-electron chi connectivity index (χ1n) is 10.4. The minimum atomic E-state index is -0.375. The fraction of sp³-hybridized carbons (Fsp3) is 0.292. The number of carbonyl (C=O) groups excluding carboxylic acids is 2. The summed E-state index contributed by atoms with van der Waals surface area (Å²) in [6.45, 7) is 3.15. The van der Waals surface area contributed by atoms with Crippen LogP contribution in [0, 0.1) is 5.92 Å². The lowest BCUT2D eigenvalue weighted by atomic mass is 10.1. The van der Waals surface area contributed by atoms with E-state index in [1.165, 1.54) is 5.56 Å². The first-order valence-corrected chi connectivity index (χ1v) is 10.4. The number of carbonyl (C=O) groups is 2. The summed E-state index contributed by atoms with van der Waals surface area (Å²) in [6, 6.07) is 19.9. The molecule has 0 unspecified atom stereocenters. The molecule has 1 aromatic heterocycles. The smallest absolute Gasteiger partial charge is 0.230 e. The molecule has 154 valence electrons. The molecule has 4 rings (SSSR count). The largest absolute Gasteiger partial charge is 0.311 e. The lowest BCUT2D eigenvalue weighted by Crippen LogP contribution is -2.29. The lowest BCUT2D eigenvalue weighted by Gasteiger charge is -2.20. The summed E-state index contributed by atoms with van der Waals surface area (Å²) < 4.78 is 1.80. The zero-order valence-corrected chi connectivity index (χ0v) is 17.1. The molecule has 2 heterocycles. The number of benzene rings is 2. The van der Waals surface area contributed by atoms with E-state index in [-0.39, 0.29) is 24.2 Å². The normalized spacial score (nSPS) is 16.1. The Morgan fingerprint density at radius 1 is 1.10 bits per heavy atom. The van der Waals surface area contributed by atoms with Crippen LogP contribution in [0.4, 0.5) is 11.5 Å². The molecule has 0 saturated carbocycles. The van der Waals surface area contributed by atoms with Gasteiger partial charge in [-0.05, 0) is 30.0 Å². The minimum Gasteiger partial charge on any atom is -0.311 e. The van der Waals surface area contributed by atoms with Crippen LogP contribution < -0.4 is 10.2 Å². The first kappa shape index (κ1) is 19.9. The summed E-state index contributed by atoms with van der Waals surface area (Å²) in [5.74, 6) is 0.144. The van der Waals surface area contributed by atoms with Gasteiger partial charge in [-0.1, -0.05) is 55.5 Å². The van der Waals surface area contributed by atoms with Gasteiger partial charge in [0.15, 0.2) is 0 Å². The Bertz CT molecular complexity index is 1030. The highest BCUT2D eigenvalue weighted by Crippen LogP contribution is 2.29. The average Bonchev–Trinajstić information content (AvgIpc) is 3.39. The summed E-state index contributed by atoms with van der Waals surface area (Å²) >= 11 is 0. The molecule has 2 aromatic carbocycles. The van der Waals surface area contributed by atoms with Gasteiger partial charge in [0, 0.05) is 31.3 Å². The Hall–Kier alpha value is -3.41. The van der Waals surface area contributed by atoms with Crippen molar-refractivity contribution in [2.45, 2.75) is 32.7 Å². The number of nitrogens with zero attached hydrogens (tertiary/aromatic N) is 3. The molecule has 1 aliphatic heterocycles. The summed E-state index contributed by atoms with van der Waals surface area (Å²) in [6.07, 6.45) is 3.58. The van der Waals surface area contributed by atoms with Crippen molar-refractivity contribution in [2.75, 3.05) is 16.8 Å². The van der Waals surface area contributed by atoms with Crippen LogP contribution in [-0.4, -0.2) is 28.1 Å². The molecule has 0 aliphatic carbocycles. The first-order chi connectivity index (χ1) is 14.7. The van der Waals surface area contributed by atoms with Crippen LogP contribution in [0.15, 0.2) is 66.9 Å². The second kappa shape index (κ2) is 8.95. The van der Waals surface area contributed by atoms with Crippen LogP contribution in [0.2, 0.25) is 0 Å². The Balaban J connectivity index is 1.40. The number of para-hydroxylation sites is 1. The van der Waals surface area contributed by atoms with Crippen LogP contribution in [0.5, 0.6) is 0 Å². The van der Waals surface area contributed by atoms with E-state index in [0.717, 1.165) is 24.1 Å². The highest BCUT2D eigenvalue weighted by atomic mass is 16.2. The number of hydrogen-bond donors (Lipinski definition) is 1. The molecule has 0 spiro atoms. The van der Waals surface area contributed by atoms with Crippen molar-refractivity contribution in [3.63, 3.8) is 0 Å². The van der Waals surface area contributed by atoms with E-state index in [0.29, 0.717) is 18.9 Å². The Labute approximate surface area is 176 Å². The third-order valence-electron chi connectivity index (χ3n) is 5.58. The highest BCUT2D eigenvalue weighted by molar-refractivity contribution is 6.03. The van der Waals surface area contributed by atoms with E-state index in [1.54, 1.807) is 21.8 Å². The van der Waals surface area contributed by atoms with E-state index >= 15 is 0 Å². The number of aryl methyl sites for hydroxylation is 3. The molecule has 1 fully saturated rings. The molecule has 0 bridgehead atoms. The van der Waals surface area contributed by atoms with Crippen molar-refractivity contribution in [2.24, 2.45) is 5.92 Å². The maximum atomic E-state index is 12.9. The van der Waals surface area contributed by atoms with Crippen molar-refractivity contribution >= 4 is 23.3 Å². The van der Waals surface area contributed by atoms with Crippen LogP contribution in [0.25, 0.3) is 0 Å². The summed E-state index contributed by atoms with van der Waals surface area (Å²) in [7, 11) is 0. The van der Waals surface area contributed by atoms with Gasteiger partial charge in [-0.3, -0.25) is 9.59 Å². The summed E-state index contributed by atoms with van der Waals surface area (Å²) in [5, 5.41) is 7.31. The average molecular weight is 402 g/mol. The molecule has 2 amide bonds. The van der Waals surface area contributed by atoms with Crippen molar-refractivity contribution in [3.8, 4) is 0 Å². The van der Waals surface area contributed by atoms with Crippen molar-refractivity contribution in [1.29, 1.82) is 0 Å². The maximum absolute atomic E-state index is 12.9. The molecule has 1 saturated heterocycles. The minimum absolute atomic E-state index is 0.00589. The number of nitrogens with one attached hydrogen (secondary N) is 1. The SMILES string of the molecule is CCc1ccccc1N1C[C@H](C(=O)Nc2ccnn2CCc2ccccc2)CC1=O. The van der Waals surface area contributed by atoms with Crippen molar-refractivity contribution < 1.29 is 9.59 Å². The lowest BCUT2D eigenvalue weighted by molar-refractivity contribution is -0.122. The number of anilines is 2. The van der Waals surface area contributed by atoms with E-state index in [2.05, 4.69) is 29.5 Å². The van der Waals surface area contributed by atoms with Gasteiger partial charge in [0.05, 0.1) is 12.1 Å². The fourth-order valence-corrected chi connectivity index (χ4v) is 3.91. The fourth-order valence-electron chi connectivity index (χ4n) is 3.91. The van der Waals surface area contributed by atoms with Crippen LogP contribution >= 0.6 is 0 Å². The highest BCUT2D eigenvalue weighted by Gasteiger charge is 2.36. The number of amides is 2. The standard InChI is InChI=1S/C24H26N4O2/c1-2-19-10-6-7-11-21(19)27-17-20(16-23(27)29)24(30)26-22-12-14-25-28(22)15-13-18-8-4-3-5-9-18/h3-12,14,20H,2,13,15-17H2,1H3,(H,26,30)/t20-/m1/s1. The van der Waals surface area contributed by atoms with Crippen molar-refractivity contribution in [1.82, 2.24) is 9.78 Å².